The third-order valence-corrected chi connectivity index (χ3v) is 2.71. The lowest BCUT2D eigenvalue weighted by molar-refractivity contribution is -0.148. The number of carboxylic acid groups (broad SMARTS) is 1. The molecule has 0 heterocycles. The lowest BCUT2D eigenvalue weighted by Crippen LogP contribution is -2.30. The fraction of sp³-hybridized carbons (Fsp3) is 0.500. The number of rotatable bonds is 7. The number of carbonyl (C=O) groups is 1. The molecular formula is C14H21NO4. The van der Waals surface area contributed by atoms with Crippen molar-refractivity contribution in [2.24, 2.45) is 11.1 Å². The Morgan fingerprint density at radius 2 is 2.00 bits per heavy atom. The number of carboxylic acids is 1. The summed E-state index contributed by atoms with van der Waals surface area (Å²) >= 11 is 0. The molecule has 0 atom stereocenters. The molecule has 0 aromatic heterocycles. The van der Waals surface area contributed by atoms with E-state index < -0.39 is 11.4 Å². The predicted octanol–water partition coefficient (Wildman–Crippen LogP) is 2.03. The normalized spacial score (nSPS) is 11.2. The Hall–Kier alpha value is -1.75. The van der Waals surface area contributed by atoms with E-state index in [0.29, 0.717) is 24.7 Å². The van der Waals surface area contributed by atoms with Gasteiger partial charge in [-0.15, -0.1) is 0 Å². The van der Waals surface area contributed by atoms with Crippen LogP contribution in [0.5, 0.6) is 11.5 Å². The zero-order valence-corrected chi connectivity index (χ0v) is 11.6. The van der Waals surface area contributed by atoms with Gasteiger partial charge in [-0.05, 0) is 38.5 Å². The largest absolute Gasteiger partial charge is 0.490 e. The molecule has 19 heavy (non-hydrogen) atoms. The summed E-state index contributed by atoms with van der Waals surface area (Å²) in [6.07, 6.45) is 0. The van der Waals surface area contributed by atoms with Crippen molar-refractivity contribution in [3.8, 4) is 11.5 Å². The number of hydrogen-bond donors (Lipinski definition) is 2. The molecule has 3 N–H and O–H groups in total. The van der Waals surface area contributed by atoms with Crippen molar-refractivity contribution in [2.45, 2.75) is 27.3 Å². The van der Waals surface area contributed by atoms with Crippen LogP contribution in [0.15, 0.2) is 18.2 Å². The fourth-order valence-electron chi connectivity index (χ4n) is 1.39. The molecular weight excluding hydrogens is 246 g/mol. The average Bonchev–Trinajstić information content (AvgIpc) is 2.37. The zero-order valence-electron chi connectivity index (χ0n) is 11.6. The molecule has 0 aliphatic rings. The van der Waals surface area contributed by atoms with Crippen molar-refractivity contribution < 1.29 is 19.4 Å². The van der Waals surface area contributed by atoms with E-state index in [9.17, 15) is 4.79 Å². The Labute approximate surface area is 113 Å². The first-order valence-electron chi connectivity index (χ1n) is 6.22. The molecule has 0 radical (unpaired) electrons. The fourth-order valence-corrected chi connectivity index (χ4v) is 1.39. The van der Waals surface area contributed by atoms with E-state index in [1.165, 1.54) is 0 Å². The first-order chi connectivity index (χ1) is 8.90. The lowest BCUT2D eigenvalue weighted by Gasteiger charge is -2.21. The maximum absolute atomic E-state index is 11.0. The molecule has 1 aromatic carbocycles. The highest BCUT2D eigenvalue weighted by atomic mass is 16.5. The van der Waals surface area contributed by atoms with Gasteiger partial charge in [0.15, 0.2) is 11.5 Å². The van der Waals surface area contributed by atoms with Crippen molar-refractivity contribution in [2.75, 3.05) is 13.2 Å². The van der Waals surface area contributed by atoms with Gasteiger partial charge < -0.3 is 20.3 Å². The van der Waals surface area contributed by atoms with Crippen molar-refractivity contribution in [1.82, 2.24) is 0 Å². The molecule has 0 amide bonds. The molecule has 0 aliphatic heterocycles. The van der Waals surface area contributed by atoms with Gasteiger partial charge in [0.1, 0.15) is 6.61 Å². The van der Waals surface area contributed by atoms with E-state index in [1.807, 2.05) is 19.1 Å². The quantitative estimate of drug-likeness (QED) is 0.790. The Morgan fingerprint density at radius 1 is 1.32 bits per heavy atom. The van der Waals surface area contributed by atoms with Crippen LogP contribution >= 0.6 is 0 Å². The molecule has 5 heteroatoms. The highest BCUT2D eigenvalue weighted by Gasteiger charge is 2.28. The van der Waals surface area contributed by atoms with Gasteiger partial charge in [-0.3, -0.25) is 4.79 Å². The SMILES string of the molecule is CCOc1cc(CN)ccc1OCC(C)(C)C(=O)O. The van der Waals surface area contributed by atoms with Crippen LogP contribution in [0.1, 0.15) is 26.3 Å². The van der Waals surface area contributed by atoms with Crippen LogP contribution in [0, 0.1) is 5.41 Å². The smallest absolute Gasteiger partial charge is 0.312 e. The van der Waals surface area contributed by atoms with Gasteiger partial charge in [0.05, 0.1) is 12.0 Å². The van der Waals surface area contributed by atoms with Crippen LogP contribution in [0.2, 0.25) is 0 Å². The summed E-state index contributed by atoms with van der Waals surface area (Å²) in [5.74, 6) is 0.226. The summed E-state index contributed by atoms with van der Waals surface area (Å²) in [5, 5.41) is 9.05. The summed E-state index contributed by atoms with van der Waals surface area (Å²) in [5.41, 5.74) is 5.56. The summed E-state index contributed by atoms with van der Waals surface area (Å²) in [6.45, 7) is 6.10. The minimum Gasteiger partial charge on any atom is -0.490 e. The predicted molar refractivity (Wildman–Crippen MR) is 72.4 cm³/mol. The maximum Gasteiger partial charge on any atom is 0.312 e. The lowest BCUT2D eigenvalue weighted by atomic mass is 9.95. The molecule has 0 aliphatic carbocycles. The number of nitrogens with two attached hydrogens (primary N) is 1. The molecule has 0 bridgehead atoms. The van der Waals surface area contributed by atoms with E-state index in [-0.39, 0.29) is 6.61 Å². The van der Waals surface area contributed by atoms with Gasteiger partial charge in [0.25, 0.3) is 0 Å². The zero-order chi connectivity index (χ0) is 14.5. The summed E-state index contributed by atoms with van der Waals surface area (Å²) in [4.78, 5) is 11.0. The number of hydrogen-bond acceptors (Lipinski definition) is 4. The van der Waals surface area contributed by atoms with Crippen molar-refractivity contribution in [1.29, 1.82) is 0 Å². The van der Waals surface area contributed by atoms with Gasteiger partial charge in [-0.1, -0.05) is 6.07 Å². The molecule has 0 saturated heterocycles. The number of ether oxygens (including phenoxy) is 2. The third-order valence-electron chi connectivity index (χ3n) is 2.71. The standard InChI is InChI=1S/C14H21NO4/c1-4-18-12-7-10(8-15)5-6-11(12)19-9-14(2,3)13(16)17/h5-7H,4,8-9,15H2,1-3H3,(H,16,17). The molecule has 0 fully saturated rings. The second kappa shape index (κ2) is 6.43. The van der Waals surface area contributed by atoms with Crippen LogP contribution in [-0.2, 0) is 11.3 Å². The second-order valence-electron chi connectivity index (χ2n) is 4.90. The van der Waals surface area contributed by atoms with Crippen LogP contribution in [0.25, 0.3) is 0 Å². The third kappa shape index (κ3) is 4.13. The van der Waals surface area contributed by atoms with Gasteiger partial charge >= 0.3 is 5.97 Å². The first-order valence-corrected chi connectivity index (χ1v) is 6.22. The van der Waals surface area contributed by atoms with Crippen LogP contribution < -0.4 is 15.2 Å². The molecule has 0 spiro atoms. The van der Waals surface area contributed by atoms with Crippen molar-refractivity contribution in [3.63, 3.8) is 0 Å². The molecule has 1 aromatic rings. The molecule has 5 nitrogen and oxygen atoms in total. The van der Waals surface area contributed by atoms with Gasteiger partial charge in [-0.2, -0.15) is 0 Å². The van der Waals surface area contributed by atoms with E-state index in [0.717, 1.165) is 5.56 Å². The van der Waals surface area contributed by atoms with Crippen LogP contribution in [0.4, 0.5) is 0 Å². The molecule has 106 valence electrons. The van der Waals surface area contributed by atoms with Gasteiger partial charge in [0.2, 0.25) is 0 Å². The second-order valence-corrected chi connectivity index (χ2v) is 4.90. The van der Waals surface area contributed by atoms with E-state index >= 15 is 0 Å². The Balaban J connectivity index is 2.85. The van der Waals surface area contributed by atoms with Gasteiger partial charge in [0, 0.05) is 6.54 Å². The summed E-state index contributed by atoms with van der Waals surface area (Å²) < 4.78 is 11.0. The Kier molecular flexibility index (Phi) is 5.18. The average molecular weight is 267 g/mol. The Morgan fingerprint density at radius 3 is 2.53 bits per heavy atom. The highest BCUT2D eigenvalue weighted by molar-refractivity contribution is 5.73. The summed E-state index contributed by atoms with van der Waals surface area (Å²) in [7, 11) is 0. The van der Waals surface area contributed by atoms with Gasteiger partial charge in [-0.25, -0.2) is 0 Å². The molecule has 0 unspecified atom stereocenters. The van der Waals surface area contributed by atoms with Crippen LogP contribution in [0.3, 0.4) is 0 Å². The summed E-state index contributed by atoms with van der Waals surface area (Å²) in [6, 6.07) is 5.41. The van der Waals surface area contributed by atoms with E-state index in [2.05, 4.69) is 0 Å². The maximum atomic E-state index is 11.0. The highest BCUT2D eigenvalue weighted by Crippen LogP contribution is 2.30. The van der Waals surface area contributed by atoms with E-state index in [1.54, 1.807) is 19.9 Å². The topological polar surface area (TPSA) is 81.8 Å². The molecule has 0 saturated carbocycles. The van der Waals surface area contributed by atoms with Crippen LogP contribution in [-0.4, -0.2) is 24.3 Å². The minimum atomic E-state index is -0.948. The minimum absolute atomic E-state index is 0.0738. The molecule has 1 rings (SSSR count). The number of benzene rings is 1. The monoisotopic (exact) mass is 267 g/mol. The van der Waals surface area contributed by atoms with E-state index in [4.69, 9.17) is 20.3 Å². The first kappa shape index (κ1) is 15.3. The van der Waals surface area contributed by atoms with Crippen molar-refractivity contribution >= 4 is 5.97 Å². The van der Waals surface area contributed by atoms with Crippen molar-refractivity contribution in [3.05, 3.63) is 23.8 Å². The Bertz CT molecular complexity index is 443. The number of aliphatic carboxylic acids is 1.